The molecule has 0 aliphatic carbocycles. The number of ketones is 1. The fourth-order valence-electron chi connectivity index (χ4n) is 1.31. The van der Waals surface area contributed by atoms with Gasteiger partial charge >= 0.3 is 0 Å². The molecule has 0 amide bonds. The number of carbonyl (C=O) groups is 1. The predicted molar refractivity (Wildman–Crippen MR) is 63.0 cm³/mol. The summed E-state index contributed by atoms with van der Waals surface area (Å²) in [6.07, 6.45) is 0.926. The van der Waals surface area contributed by atoms with E-state index in [2.05, 4.69) is 25.7 Å². The highest BCUT2D eigenvalue weighted by Crippen LogP contribution is 2.06. The molecule has 0 aliphatic rings. The SMILES string of the molecule is CCC(C)C(=O)CN(CCOC)C(C)C. The molecule has 0 rings (SSSR count). The lowest BCUT2D eigenvalue weighted by molar-refractivity contribution is -0.124. The minimum atomic E-state index is 0.175. The van der Waals surface area contributed by atoms with Crippen molar-refractivity contribution in [3.05, 3.63) is 0 Å². The fraction of sp³-hybridized carbons (Fsp3) is 0.917. The van der Waals surface area contributed by atoms with Gasteiger partial charge in [0.2, 0.25) is 0 Å². The van der Waals surface area contributed by atoms with Crippen LogP contribution in [-0.4, -0.2) is 43.5 Å². The van der Waals surface area contributed by atoms with Crippen molar-refractivity contribution in [1.29, 1.82) is 0 Å². The number of nitrogens with zero attached hydrogens (tertiary/aromatic N) is 1. The average Bonchev–Trinajstić information content (AvgIpc) is 2.22. The van der Waals surface area contributed by atoms with Crippen LogP contribution in [0, 0.1) is 5.92 Å². The molecular weight excluding hydrogens is 190 g/mol. The highest BCUT2D eigenvalue weighted by molar-refractivity contribution is 5.82. The van der Waals surface area contributed by atoms with Gasteiger partial charge < -0.3 is 4.74 Å². The van der Waals surface area contributed by atoms with E-state index in [1.54, 1.807) is 7.11 Å². The Morgan fingerprint density at radius 3 is 2.33 bits per heavy atom. The largest absolute Gasteiger partial charge is 0.383 e. The first-order valence-electron chi connectivity index (χ1n) is 5.78. The summed E-state index contributed by atoms with van der Waals surface area (Å²) in [5.74, 6) is 0.510. The van der Waals surface area contributed by atoms with Crippen molar-refractivity contribution in [3.8, 4) is 0 Å². The Morgan fingerprint density at radius 2 is 1.93 bits per heavy atom. The van der Waals surface area contributed by atoms with Gasteiger partial charge in [-0.2, -0.15) is 0 Å². The molecule has 0 spiro atoms. The second-order valence-electron chi connectivity index (χ2n) is 4.33. The van der Waals surface area contributed by atoms with E-state index in [0.717, 1.165) is 13.0 Å². The first-order valence-corrected chi connectivity index (χ1v) is 5.78. The van der Waals surface area contributed by atoms with Gasteiger partial charge in [-0.1, -0.05) is 13.8 Å². The molecule has 0 saturated carbocycles. The van der Waals surface area contributed by atoms with Gasteiger partial charge in [0.05, 0.1) is 13.2 Å². The first kappa shape index (κ1) is 14.6. The minimum Gasteiger partial charge on any atom is -0.383 e. The van der Waals surface area contributed by atoms with E-state index in [4.69, 9.17) is 4.74 Å². The number of Topliss-reactive ketones (excluding diaryl/α,β-unsaturated/α-hetero) is 1. The maximum absolute atomic E-state index is 11.8. The third kappa shape index (κ3) is 5.90. The Kier molecular flexibility index (Phi) is 7.61. The number of methoxy groups -OCH3 is 1. The summed E-state index contributed by atoms with van der Waals surface area (Å²) >= 11 is 0. The van der Waals surface area contributed by atoms with Crippen molar-refractivity contribution in [2.24, 2.45) is 5.92 Å². The normalized spacial score (nSPS) is 13.5. The monoisotopic (exact) mass is 215 g/mol. The molecule has 0 bridgehead atoms. The third-order valence-corrected chi connectivity index (χ3v) is 2.83. The lowest BCUT2D eigenvalue weighted by Crippen LogP contribution is -2.39. The van der Waals surface area contributed by atoms with Gasteiger partial charge in [0.15, 0.2) is 0 Å². The molecule has 0 radical (unpaired) electrons. The maximum Gasteiger partial charge on any atom is 0.149 e. The molecule has 0 saturated heterocycles. The summed E-state index contributed by atoms with van der Waals surface area (Å²) in [5, 5.41) is 0. The summed E-state index contributed by atoms with van der Waals surface area (Å²) in [5.41, 5.74) is 0. The number of ether oxygens (including phenoxy) is 1. The van der Waals surface area contributed by atoms with Crippen LogP contribution in [0.1, 0.15) is 34.1 Å². The van der Waals surface area contributed by atoms with Crippen LogP contribution in [0.2, 0.25) is 0 Å². The van der Waals surface area contributed by atoms with E-state index in [1.165, 1.54) is 0 Å². The molecule has 3 heteroatoms. The third-order valence-electron chi connectivity index (χ3n) is 2.83. The molecule has 0 fully saturated rings. The smallest absolute Gasteiger partial charge is 0.149 e. The summed E-state index contributed by atoms with van der Waals surface area (Å²) in [4.78, 5) is 13.9. The van der Waals surface area contributed by atoms with Crippen LogP contribution < -0.4 is 0 Å². The Balaban J connectivity index is 4.09. The van der Waals surface area contributed by atoms with Crippen molar-refractivity contribution in [2.45, 2.75) is 40.2 Å². The minimum absolute atomic E-state index is 0.175. The van der Waals surface area contributed by atoms with Gasteiger partial charge in [0.1, 0.15) is 5.78 Å². The number of hydrogen-bond acceptors (Lipinski definition) is 3. The second-order valence-corrected chi connectivity index (χ2v) is 4.33. The molecule has 0 N–H and O–H groups in total. The predicted octanol–water partition coefficient (Wildman–Crippen LogP) is 1.96. The van der Waals surface area contributed by atoms with Crippen LogP contribution in [0.5, 0.6) is 0 Å². The number of rotatable bonds is 8. The van der Waals surface area contributed by atoms with E-state index >= 15 is 0 Å². The lowest BCUT2D eigenvalue weighted by Gasteiger charge is -2.26. The number of hydrogen-bond donors (Lipinski definition) is 0. The fourth-order valence-corrected chi connectivity index (χ4v) is 1.31. The standard InChI is InChI=1S/C12H25NO2/c1-6-11(4)12(14)9-13(10(2)3)7-8-15-5/h10-11H,6-9H2,1-5H3. The molecule has 3 nitrogen and oxygen atoms in total. The summed E-state index contributed by atoms with van der Waals surface area (Å²) < 4.78 is 5.04. The van der Waals surface area contributed by atoms with Crippen LogP contribution in [0.4, 0.5) is 0 Å². The Morgan fingerprint density at radius 1 is 1.33 bits per heavy atom. The molecule has 0 aromatic carbocycles. The molecule has 0 aromatic rings. The Bertz CT molecular complexity index is 180. The summed E-state index contributed by atoms with van der Waals surface area (Å²) in [6, 6.07) is 0.396. The van der Waals surface area contributed by atoms with Crippen LogP contribution in [0.15, 0.2) is 0 Å². The summed E-state index contributed by atoms with van der Waals surface area (Å²) in [6.45, 7) is 10.3. The first-order chi connectivity index (χ1) is 7.02. The van der Waals surface area contributed by atoms with Crippen LogP contribution >= 0.6 is 0 Å². The molecule has 0 aromatic heterocycles. The molecule has 1 atom stereocenters. The van der Waals surface area contributed by atoms with Crippen molar-refractivity contribution >= 4 is 5.78 Å². The van der Waals surface area contributed by atoms with Crippen molar-refractivity contribution in [3.63, 3.8) is 0 Å². The van der Waals surface area contributed by atoms with Crippen molar-refractivity contribution in [1.82, 2.24) is 4.90 Å². The zero-order valence-electron chi connectivity index (χ0n) is 10.7. The van der Waals surface area contributed by atoms with E-state index in [9.17, 15) is 4.79 Å². The highest BCUT2D eigenvalue weighted by Gasteiger charge is 2.17. The Labute approximate surface area is 93.8 Å². The molecule has 90 valence electrons. The molecule has 1 unspecified atom stereocenters. The molecule has 0 aliphatic heterocycles. The zero-order valence-corrected chi connectivity index (χ0v) is 10.7. The maximum atomic E-state index is 11.8. The average molecular weight is 215 g/mol. The lowest BCUT2D eigenvalue weighted by atomic mass is 10.0. The highest BCUT2D eigenvalue weighted by atomic mass is 16.5. The van der Waals surface area contributed by atoms with E-state index < -0.39 is 0 Å². The molecule has 15 heavy (non-hydrogen) atoms. The van der Waals surface area contributed by atoms with E-state index in [0.29, 0.717) is 25.0 Å². The van der Waals surface area contributed by atoms with Gasteiger partial charge in [-0.15, -0.1) is 0 Å². The van der Waals surface area contributed by atoms with Crippen molar-refractivity contribution in [2.75, 3.05) is 26.8 Å². The van der Waals surface area contributed by atoms with Crippen LogP contribution in [0.25, 0.3) is 0 Å². The van der Waals surface area contributed by atoms with Crippen molar-refractivity contribution < 1.29 is 9.53 Å². The van der Waals surface area contributed by atoms with Gasteiger partial charge in [0, 0.05) is 25.6 Å². The second kappa shape index (κ2) is 7.83. The van der Waals surface area contributed by atoms with Gasteiger partial charge in [-0.3, -0.25) is 9.69 Å². The van der Waals surface area contributed by atoms with Gasteiger partial charge in [0.25, 0.3) is 0 Å². The van der Waals surface area contributed by atoms with E-state index in [-0.39, 0.29) is 5.92 Å². The van der Waals surface area contributed by atoms with E-state index in [1.807, 2.05) is 6.92 Å². The van der Waals surface area contributed by atoms with Gasteiger partial charge in [-0.05, 0) is 20.3 Å². The Hall–Kier alpha value is -0.410. The number of carbonyl (C=O) groups excluding carboxylic acids is 1. The molecular formula is C12H25NO2. The quantitative estimate of drug-likeness (QED) is 0.620. The summed E-state index contributed by atoms with van der Waals surface area (Å²) in [7, 11) is 1.69. The van der Waals surface area contributed by atoms with Crippen LogP contribution in [-0.2, 0) is 9.53 Å². The molecule has 0 heterocycles. The van der Waals surface area contributed by atoms with Gasteiger partial charge in [-0.25, -0.2) is 0 Å². The topological polar surface area (TPSA) is 29.5 Å². The van der Waals surface area contributed by atoms with Crippen LogP contribution in [0.3, 0.4) is 0 Å². The zero-order chi connectivity index (χ0) is 11.8.